The predicted octanol–water partition coefficient (Wildman–Crippen LogP) is 1.85. The number of aromatic hydroxyl groups is 1. The fourth-order valence-electron chi connectivity index (χ4n) is 2.69. The van der Waals surface area contributed by atoms with Gasteiger partial charge in [-0.15, -0.1) is 0 Å². The van der Waals surface area contributed by atoms with Crippen molar-refractivity contribution in [1.29, 1.82) is 0 Å². The Labute approximate surface area is 174 Å². The third kappa shape index (κ3) is 5.55. The van der Waals surface area contributed by atoms with Crippen LogP contribution in [0, 0.1) is 11.6 Å². The highest BCUT2D eigenvalue weighted by atomic mass is 31.2. The normalized spacial score (nSPS) is 12.6. The number of carbonyl (C=O) groups is 1. The van der Waals surface area contributed by atoms with E-state index in [1.54, 1.807) is 0 Å². The van der Waals surface area contributed by atoms with E-state index in [1.165, 1.54) is 6.07 Å². The van der Waals surface area contributed by atoms with Crippen LogP contribution in [0.15, 0.2) is 36.4 Å². The van der Waals surface area contributed by atoms with Crippen LogP contribution < -0.4 is 5.32 Å². The molecule has 0 aromatic heterocycles. The molecule has 0 fully saturated rings. The van der Waals surface area contributed by atoms with E-state index in [0.717, 1.165) is 24.3 Å². The molecule has 1 amide bonds. The molecule has 2 aromatic carbocycles. The summed E-state index contributed by atoms with van der Waals surface area (Å²) in [6, 6.07) is 6.32. The molecular formula is C17H19F2NO9P2. The maximum Gasteiger partial charge on any atom is 0.369 e. The van der Waals surface area contributed by atoms with Crippen LogP contribution in [0.3, 0.4) is 0 Å². The maximum atomic E-state index is 14.0. The van der Waals surface area contributed by atoms with Gasteiger partial charge in [-0.25, -0.2) is 8.78 Å². The van der Waals surface area contributed by atoms with Gasteiger partial charge >= 0.3 is 15.2 Å². The van der Waals surface area contributed by atoms with Crippen molar-refractivity contribution in [3.05, 3.63) is 53.6 Å². The molecule has 0 unspecified atom stereocenters. The predicted molar refractivity (Wildman–Crippen MR) is 104 cm³/mol. The van der Waals surface area contributed by atoms with Gasteiger partial charge in [-0.05, 0) is 36.2 Å². The second-order valence-corrected chi connectivity index (χ2v) is 10.6. The topological polar surface area (TPSA) is 185 Å². The second-order valence-electron chi connectivity index (χ2n) is 6.58. The Hall–Kier alpha value is -2.17. The molecule has 0 radical (unpaired) electrons. The lowest BCUT2D eigenvalue weighted by atomic mass is 10.0. The first-order chi connectivity index (χ1) is 14.2. The summed E-state index contributed by atoms with van der Waals surface area (Å²) in [6.07, 6.45) is -1.47. The Morgan fingerprint density at radius 3 is 2.16 bits per heavy atom. The Balaban J connectivity index is 2.13. The van der Waals surface area contributed by atoms with Crippen molar-refractivity contribution in [3.8, 4) is 16.9 Å². The summed E-state index contributed by atoms with van der Waals surface area (Å²) in [5, 5.41) is 18.3. The number of benzene rings is 2. The van der Waals surface area contributed by atoms with Crippen LogP contribution in [0.25, 0.3) is 11.1 Å². The van der Waals surface area contributed by atoms with Gasteiger partial charge in [0.1, 0.15) is 17.4 Å². The van der Waals surface area contributed by atoms with Gasteiger partial charge in [-0.2, -0.15) is 0 Å². The summed E-state index contributed by atoms with van der Waals surface area (Å²) >= 11 is 0. The highest BCUT2D eigenvalue weighted by Crippen LogP contribution is 2.69. The summed E-state index contributed by atoms with van der Waals surface area (Å²) in [5.74, 6) is -3.07. The molecule has 10 nitrogen and oxygen atoms in total. The molecular weight excluding hydrogens is 462 g/mol. The van der Waals surface area contributed by atoms with Gasteiger partial charge in [-0.1, -0.05) is 6.07 Å². The van der Waals surface area contributed by atoms with Gasteiger partial charge in [0.15, 0.2) is 0 Å². The van der Waals surface area contributed by atoms with Crippen molar-refractivity contribution >= 4 is 21.1 Å². The lowest BCUT2D eigenvalue weighted by Gasteiger charge is -2.29. The molecule has 170 valence electrons. The molecule has 0 saturated heterocycles. The number of aliphatic hydroxyl groups is 1. The van der Waals surface area contributed by atoms with Gasteiger partial charge in [0, 0.05) is 24.6 Å². The highest BCUT2D eigenvalue weighted by Gasteiger charge is 2.58. The van der Waals surface area contributed by atoms with E-state index < -0.39 is 56.4 Å². The molecule has 0 bridgehead atoms. The first kappa shape index (κ1) is 25.1. The number of rotatable bonds is 8. The van der Waals surface area contributed by atoms with Gasteiger partial charge in [0.25, 0.3) is 11.0 Å². The van der Waals surface area contributed by atoms with E-state index in [2.05, 4.69) is 5.32 Å². The van der Waals surface area contributed by atoms with E-state index in [1.807, 2.05) is 0 Å². The van der Waals surface area contributed by atoms with Crippen LogP contribution in [0.5, 0.6) is 5.75 Å². The van der Waals surface area contributed by atoms with E-state index in [0.29, 0.717) is 6.07 Å². The molecule has 2 rings (SSSR count). The Kier molecular flexibility index (Phi) is 7.39. The molecule has 0 heterocycles. The van der Waals surface area contributed by atoms with Gasteiger partial charge in [0.2, 0.25) is 0 Å². The molecule has 31 heavy (non-hydrogen) atoms. The van der Waals surface area contributed by atoms with Gasteiger partial charge < -0.3 is 35.1 Å². The number of nitrogens with one attached hydrogen (secondary N) is 1. The molecule has 7 N–H and O–H groups in total. The summed E-state index contributed by atoms with van der Waals surface area (Å²) in [4.78, 5) is 48.6. The molecule has 0 aliphatic heterocycles. The smallest absolute Gasteiger partial charge is 0.369 e. The minimum atomic E-state index is -5.61. The zero-order valence-corrected chi connectivity index (χ0v) is 17.4. The zero-order chi connectivity index (χ0) is 23.6. The van der Waals surface area contributed by atoms with E-state index in [-0.39, 0.29) is 23.2 Å². The number of hydrogen-bond acceptors (Lipinski definition) is 5. The van der Waals surface area contributed by atoms with Crippen LogP contribution in [-0.2, 0) is 9.13 Å². The van der Waals surface area contributed by atoms with Crippen LogP contribution in [0.1, 0.15) is 23.2 Å². The molecule has 2 aromatic rings. The van der Waals surface area contributed by atoms with Gasteiger partial charge in [0.05, 0.1) is 5.56 Å². The third-order valence-electron chi connectivity index (χ3n) is 4.39. The second kappa shape index (κ2) is 9.13. The minimum Gasteiger partial charge on any atom is -0.507 e. The lowest BCUT2D eigenvalue weighted by molar-refractivity contribution is 0.0944. The van der Waals surface area contributed by atoms with Crippen molar-refractivity contribution in [2.75, 3.05) is 6.54 Å². The molecule has 0 saturated carbocycles. The lowest BCUT2D eigenvalue weighted by Crippen LogP contribution is -2.31. The Morgan fingerprint density at radius 1 is 1.00 bits per heavy atom. The first-order valence-electron chi connectivity index (χ1n) is 8.57. The standard InChI is InChI=1S/C17H19F2NO9P2/c18-11-3-4-12(14(19)9-11)10-2-5-15(21)13(8-10)16(22)20-7-1-6-17(23,30(24,25)26)31(27,28)29/h2-5,8-9,21,23H,1,6-7H2,(H,20,22)(H2,24,25,26)(H2,27,28,29). The van der Waals surface area contributed by atoms with Gasteiger partial charge in [-0.3, -0.25) is 13.9 Å². The fourth-order valence-corrected chi connectivity index (χ4v) is 4.95. The van der Waals surface area contributed by atoms with E-state index in [9.17, 15) is 32.9 Å². The average Bonchev–Trinajstić information content (AvgIpc) is 2.63. The summed E-state index contributed by atoms with van der Waals surface area (Å²) in [7, 11) is -11.2. The number of halogens is 2. The van der Waals surface area contributed by atoms with E-state index in [4.69, 9.17) is 19.6 Å². The molecule has 0 spiro atoms. The van der Waals surface area contributed by atoms with Crippen molar-refractivity contribution in [2.24, 2.45) is 0 Å². The Morgan fingerprint density at radius 2 is 1.61 bits per heavy atom. The van der Waals surface area contributed by atoms with Crippen molar-refractivity contribution in [3.63, 3.8) is 0 Å². The van der Waals surface area contributed by atoms with Crippen LogP contribution in [-0.4, -0.2) is 47.3 Å². The largest absolute Gasteiger partial charge is 0.507 e. The quantitative estimate of drug-likeness (QED) is 0.218. The summed E-state index contributed by atoms with van der Waals surface area (Å²) < 4.78 is 49.6. The summed E-state index contributed by atoms with van der Waals surface area (Å²) in [6.45, 7) is -0.379. The average molecular weight is 481 g/mol. The minimum absolute atomic E-state index is 0.0381. The molecule has 0 aliphatic carbocycles. The van der Waals surface area contributed by atoms with Crippen molar-refractivity contribution in [1.82, 2.24) is 5.32 Å². The van der Waals surface area contributed by atoms with E-state index >= 15 is 0 Å². The maximum absolute atomic E-state index is 14.0. The number of hydrogen-bond donors (Lipinski definition) is 7. The Bertz CT molecular complexity index is 1060. The van der Waals surface area contributed by atoms with Crippen LogP contribution in [0.4, 0.5) is 8.78 Å². The van der Waals surface area contributed by atoms with Crippen LogP contribution in [0.2, 0.25) is 0 Å². The zero-order valence-electron chi connectivity index (χ0n) is 15.6. The number of phenolic OH excluding ortho intramolecular Hbond substituents is 1. The number of amides is 1. The SMILES string of the molecule is O=C(NCCCC(O)(P(=O)(O)O)P(=O)(O)O)c1cc(-c2ccc(F)cc2F)ccc1O. The highest BCUT2D eigenvalue weighted by molar-refractivity contribution is 7.72. The van der Waals surface area contributed by atoms with Crippen molar-refractivity contribution in [2.45, 2.75) is 17.9 Å². The molecule has 0 atom stereocenters. The van der Waals surface area contributed by atoms with Crippen molar-refractivity contribution < 1.29 is 52.5 Å². The van der Waals surface area contributed by atoms with Crippen LogP contribution >= 0.6 is 15.2 Å². The number of carbonyl (C=O) groups excluding carboxylic acids is 1. The molecule has 14 heteroatoms. The fraction of sp³-hybridized carbons (Fsp3) is 0.235. The monoisotopic (exact) mass is 481 g/mol. The first-order valence-corrected chi connectivity index (χ1v) is 11.8. The molecule has 0 aliphatic rings. The third-order valence-corrected chi connectivity index (χ3v) is 8.27. The summed E-state index contributed by atoms with van der Waals surface area (Å²) in [5.41, 5.74) is -0.192. The number of phenols is 1.